The number of para-hydroxylation sites is 1. The number of nitrogens with one attached hydrogen (secondary N) is 1. The van der Waals surface area contributed by atoms with E-state index in [-0.39, 0.29) is 0 Å². The molecule has 6 heteroatoms. The number of nitrogens with zero attached hydrogens (tertiary/aromatic N) is 3. The Hall–Kier alpha value is -2.39. The molecule has 1 N–H and O–H groups in total. The van der Waals surface area contributed by atoms with Gasteiger partial charge in [-0.15, -0.1) is 0 Å². The smallest absolute Gasteiger partial charge is 0.267 e. The molecular formula is C15H16N4O2. The fraction of sp³-hybridized carbons (Fsp3) is 0.400. The minimum Gasteiger partial charge on any atom is -0.381 e. The maximum absolute atomic E-state index is 9.43. The average molecular weight is 284 g/mol. The van der Waals surface area contributed by atoms with Crippen molar-refractivity contribution in [3.05, 3.63) is 36.2 Å². The van der Waals surface area contributed by atoms with Gasteiger partial charge in [0.05, 0.1) is 11.5 Å². The quantitative estimate of drug-likeness (QED) is 0.929. The van der Waals surface area contributed by atoms with Gasteiger partial charge >= 0.3 is 0 Å². The fourth-order valence-electron chi connectivity index (χ4n) is 2.41. The molecule has 3 rings (SSSR count). The molecule has 0 unspecified atom stereocenters. The van der Waals surface area contributed by atoms with Crippen LogP contribution in [0.4, 0.5) is 11.6 Å². The third kappa shape index (κ3) is 3.20. The van der Waals surface area contributed by atoms with E-state index in [4.69, 9.17) is 9.26 Å². The molecule has 0 radical (unpaired) electrons. The molecule has 1 saturated heterocycles. The molecule has 1 fully saturated rings. The van der Waals surface area contributed by atoms with Gasteiger partial charge in [0.25, 0.3) is 5.95 Å². The molecule has 1 aromatic heterocycles. The molecule has 0 atom stereocenters. The molecule has 0 saturated carbocycles. The van der Waals surface area contributed by atoms with Crippen LogP contribution in [0.5, 0.6) is 0 Å². The molecule has 0 spiro atoms. The number of nitriles is 1. The van der Waals surface area contributed by atoms with Crippen molar-refractivity contribution >= 4 is 11.6 Å². The third-order valence-electron chi connectivity index (χ3n) is 3.67. The molecule has 1 aromatic carbocycles. The van der Waals surface area contributed by atoms with E-state index in [9.17, 15) is 5.26 Å². The van der Waals surface area contributed by atoms with Gasteiger partial charge in [0.2, 0.25) is 5.89 Å². The Morgan fingerprint density at radius 2 is 2.00 bits per heavy atom. The van der Waals surface area contributed by atoms with Crippen molar-refractivity contribution in [2.45, 2.75) is 19.3 Å². The largest absolute Gasteiger partial charge is 0.381 e. The van der Waals surface area contributed by atoms with Crippen LogP contribution in [0.25, 0.3) is 0 Å². The minimum atomic E-state index is -0.450. The number of hydrogen-bond acceptors (Lipinski definition) is 6. The van der Waals surface area contributed by atoms with E-state index in [1.54, 1.807) is 0 Å². The van der Waals surface area contributed by atoms with Gasteiger partial charge in [-0.3, -0.25) is 0 Å². The predicted octanol–water partition coefficient (Wildman–Crippen LogP) is 2.68. The zero-order valence-corrected chi connectivity index (χ0v) is 11.6. The highest BCUT2D eigenvalue weighted by atomic mass is 16.5. The summed E-state index contributed by atoms with van der Waals surface area (Å²) in [6.07, 6.45) is 1.87. The molecule has 1 aliphatic rings. The number of ether oxygens (including phenoxy) is 1. The van der Waals surface area contributed by atoms with Gasteiger partial charge in [-0.1, -0.05) is 18.2 Å². The Labute approximate surface area is 122 Å². The SMILES string of the molecule is N#CC1(Cc2nc(Nc3ccccc3)no2)CCOCC1. The summed E-state index contributed by atoms with van der Waals surface area (Å²) in [5.41, 5.74) is 0.445. The standard InChI is InChI=1S/C15H16N4O2/c16-11-15(6-8-20-9-7-15)10-13-18-14(19-21-13)17-12-4-2-1-3-5-12/h1-5H,6-10H2,(H,17,19). The Kier molecular flexibility index (Phi) is 3.84. The Morgan fingerprint density at radius 1 is 1.24 bits per heavy atom. The van der Waals surface area contributed by atoms with Crippen LogP contribution in [-0.4, -0.2) is 23.4 Å². The fourth-order valence-corrected chi connectivity index (χ4v) is 2.41. The summed E-state index contributed by atoms with van der Waals surface area (Å²) in [5, 5.41) is 16.4. The summed E-state index contributed by atoms with van der Waals surface area (Å²) >= 11 is 0. The van der Waals surface area contributed by atoms with Crippen LogP contribution in [-0.2, 0) is 11.2 Å². The predicted molar refractivity (Wildman–Crippen MR) is 75.8 cm³/mol. The first-order valence-corrected chi connectivity index (χ1v) is 6.93. The highest BCUT2D eigenvalue weighted by Crippen LogP contribution is 2.33. The van der Waals surface area contributed by atoms with Gasteiger partial charge in [-0.25, -0.2) is 0 Å². The molecule has 2 aromatic rings. The van der Waals surface area contributed by atoms with Crippen LogP contribution in [0.1, 0.15) is 18.7 Å². The lowest BCUT2D eigenvalue weighted by Gasteiger charge is -2.28. The molecule has 6 nitrogen and oxygen atoms in total. The van der Waals surface area contributed by atoms with Crippen molar-refractivity contribution in [3.63, 3.8) is 0 Å². The molecule has 1 aliphatic heterocycles. The summed E-state index contributed by atoms with van der Waals surface area (Å²) in [7, 11) is 0. The first-order chi connectivity index (χ1) is 10.3. The van der Waals surface area contributed by atoms with E-state index in [1.807, 2.05) is 30.3 Å². The van der Waals surface area contributed by atoms with Gasteiger partial charge in [0.15, 0.2) is 0 Å². The highest BCUT2D eigenvalue weighted by Gasteiger charge is 2.35. The van der Waals surface area contributed by atoms with E-state index >= 15 is 0 Å². The lowest BCUT2D eigenvalue weighted by Crippen LogP contribution is -2.30. The monoisotopic (exact) mass is 284 g/mol. The first-order valence-electron chi connectivity index (χ1n) is 6.93. The second-order valence-corrected chi connectivity index (χ2v) is 5.18. The van der Waals surface area contributed by atoms with Crippen molar-refractivity contribution in [1.29, 1.82) is 5.26 Å². The molecule has 108 valence electrons. The zero-order chi connectivity index (χ0) is 14.5. The molecule has 21 heavy (non-hydrogen) atoms. The van der Waals surface area contributed by atoms with Crippen LogP contribution in [0.2, 0.25) is 0 Å². The number of rotatable bonds is 4. The van der Waals surface area contributed by atoms with Crippen LogP contribution in [0.15, 0.2) is 34.9 Å². The third-order valence-corrected chi connectivity index (χ3v) is 3.67. The van der Waals surface area contributed by atoms with Crippen molar-refractivity contribution in [2.24, 2.45) is 5.41 Å². The zero-order valence-electron chi connectivity index (χ0n) is 11.6. The maximum Gasteiger partial charge on any atom is 0.267 e. The van der Waals surface area contributed by atoms with Crippen LogP contribution < -0.4 is 5.32 Å². The van der Waals surface area contributed by atoms with Crippen LogP contribution in [0, 0.1) is 16.7 Å². The topological polar surface area (TPSA) is 84.0 Å². The average Bonchev–Trinajstić information content (AvgIpc) is 2.96. The van der Waals surface area contributed by atoms with Gasteiger partial charge < -0.3 is 14.6 Å². The second-order valence-electron chi connectivity index (χ2n) is 5.18. The summed E-state index contributed by atoms with van der Waals surface area (Å²) < 4.78 is 10.6. The lowest BCUT2D eigenvalue weighted by molar-refractivity contribution is 0.0375. The number of hydrogen-bond donors (Lipinski definition) is 1. The summed E-state index contributed by atoms with van der Waals surface area (Å²) in [5.74, 6) is 0.897. The number of anilines is 2. The Bertz CT molecular complexity index is 627. The van der Waals surface area contributed by atoms with E-state index in [1.165, 1.54) is 0 Å². The summed E-state index contributed by atoms with van der Waals surface area (Å²) in [6.45, 7) is 1.22. The van der Waals surface area contributed by atoms with Gasteiger partial charge in [-0.05, 0) is 30.1 Å². The van der Waals surface area contributed by atoms with E-state index in [0.717, 1.165) is 5.69 Å². The maximum atomic E-state index is 9.43. The highest BCUT2D eigenvalue weighted by molar-refractivity contribution is 5.51. The molecule has 0 aliphatic carbocycles. The Balaban J connectivity index is 1.69. The van der Waals surface area contributed by atoms with Crippen molar-refractivity contribution in [3.8, 4) is 6.07 Å². The lowest BCUT2D eigenvalue weighted by atomic mass is 9.79. The van der Waals surface area contributed by atoms with Crippen LogP contribution in [0.3, 0.4) is 0 Å². The molecular weight excluding hydrogens is 268 g/mol. The van der Waals surface area contributed by atoms with Crippen molar-refractivity contribution in [2.75, 3.05) is 18.5 Å². The number of aromatic nitrogens is 2. The van der Waals surface area contributed by atoms with E-state index in [2.05, 4.69) is 21.5 Å². The number of benzene rings is 1. The van der Waals surface area contributed by atoms with Gasteiger partial charge in [-0.2, -0.15) is 10.2 Å². The minimum absolute atomic E-state index is 0.413. The molecule has 0 bridgehead atoms. The van der Waals surface area contributed by atoms with Gasteiger partial charge in [0.1, 0.15) is 0 Å². The normalized spacial score (nSPS) is 17.1. The first kappa shape index (κ1) is 13.6. The molecule has 2 heterocycles. The van der Waals surface area contributed by atoms with E-state index < -0.39 is 5.41 Å². The molecule has 0 amide bonds. The Morgan fingerprint density at radius 3 is 2.71 bits per heavy atom. The summed E-state index contributed by atoms with van der Waals surface area (Å²) in [4.78, 5) is 4.31. The van der Waals surface area contributed by atoms with Crippen LogP contribution >= 0.6 is 0 Å². The van der Waals surface area contributed by atoms with Crippen molar-refractivity contribution in [1.82, 2.24) is 10.1 Å². The second kappa shape index (κ2) is 5.94. The van der Waals surface area contributed by atoms with Crippen molar-refractivity contribution < 1.29 is 9.26 Å². The van der Waals surface area contributed by atoms with Gasteiger partial charge in [0, 0.05) is 25.3 Å². The summed E-state index contributed by atoms with van der Waals surface area (Å²) in [6, 6.07) is 12.0. The van der Waals surface area contributed by atoms with E-state index in [0.29, 0.717) is 44.3 Å².